The number of rotatable bonds is 6. The van der Waals surface area contributed by atoms with E-state index in [1.807, 2.05) is 0 Å². The Morgan fingerprint density at radius 2 is 1.65 bits per heavy atom. The number of esters is 1. The summed E-state index contributed by atoms with van der Waals surface area (Å²) in [5.74, 6) is -3.03. The number of amides is 1. The highest BCUT2D eigenvalue weighted by molar-refractivity contribution is 7.89. The van der Waals surface area contributed by atoms with Crippen LogP contribution in [0.1, 0.15) is 30.1 Å². The first-order chi connectivity index (χ1) is 14.7. The molecule has 1 amide bonds. The maximum Gasteiger partial charge on any atom is 0.338 e. The van der Waals surface area contributed by atoms with Gasteiger partial charge < -0.3 is 10.1 Å². The fourth-order valence-corrected chi connectivity index (χ4v) is 4.82. The minimum absolute atomic E-state index is 0.0132. The van der Waals surface area contributed by atoms with Crippen LogP contribution in [0.15, 0.2) is 47.4 Å². The van der Waals surface area contributed by atoms with E-state index < -0.39 is 39.5 Å². The molecule has 0 radical (unpaired) electrons. The Morgan fingerprint density at radius 3 is 2.19 bits per heavy atom. The molecule has 1 heterocycles. The minimum Gasteiger partial charge on any atom is -0.462 e. The van der Waals surface area contributed by atoms with Crippen LogP contribution in [0.25, 0.3) is 0 Å². The molecule has 0 atom stereocenters. The molecule has 0 unspecified atom stereocenters. The van der Waals surface area contributed by atoms with Crippen LogP contribution >= 0.6 is 0 Å². The molecule has 0 bridgehead atoms. The Labute approximate surface area is 179 Å². The largest absolute Gasteiger partial charge is 0.462 e. The Kier molecular flexibility index (Phi) is 7.01. The van der Waals surface area contributed by atoms with E-state index >= 15 is 0 Å². The van der Waals surface area contributed by atoms with Crippen molar-refractivity contribution in [3.8, 4) is 0 Å². The van der Waals surface area contributed by atoms with Crippen molar-refractivity contribution in [1.29, 1.82) is 0 Å². The van der Waals surface area contributed by atoms with E-state index in [0.717, 1.165) is 12.1 Å². The lowest BCUT2D eigenvalue weighted by Crippen LogP contribution is -2.41. The van der Waals surface area contributed by atoms with Gasteiger partial charge in [-0.05, 0) is 56.2 Å². The molecule has 0 saturated carbocycles. The summed E-state index contributed by atoms with van der Waals surface area (Å²) in [6.45, 7) is 2.14. The third kappa shape index (κ3) is 5.45. The third-order valence-electron chi connectivity index (χ3n) is 4.96. The highest BCUT2D eigenvalue weighted by Gasteiger charge is 2.32. The van der Waals surface area contributed by atoms with Crippen LogP contribution in [-0.4, -0.2) is 44.3 Å². The Morgan fingerprint density at radius 1 is 1.06 bits per heavy atom. The van der Waals surface area contributed by atoms with Gasteiger partial charge in [-0.2, -0.15) is 4.31 Å². The van der Waals surface area contributed by atoms with Crippen LogP contribution in [0.5, 0.6) is 0 Å². The van der Waals surface area contributed by atoms with Gasteiger partial charge in [-0.3, -0.25) is 4.79 Å². The average Bonchev–Trinajstić information content (AvgIpc) is 2.73. The second-order valence-corrected chi connectivity index (χ2v) is 9.01. The van der Waals surface area contributed by atoms with Crippen molar-refractivity contribution in [3.05, 3.63) is 59.7 Å². The van der Waals surface area contributed by atoms with Crippen LogP contribution in [0.3, 0.4) is 0 Å². The lowest BCUT2D eigenvalue weighted by molar-refractivity contribution is -0.120. The number of nitrogens with one attached hydrogen (secondary N) is 1. The molecule has 166 valence electrons. The molecule has 1 N–H and O–H groups in total. The van der Waals surface area contributed by atoms with Gasteiger partial charge in [0.15, 0.2) is 0 Å². The average molecular weight is 452 g/mol. The number of anilines is 1. The van der Waals surface area contributed by atoms with Crippen LogP contribution in [0, 0.1) is 17.6 Å². The van der Waals surface area contributed by atoms with E-state index in [1.165, 1.54) is 28.6 Å². The summed E-state index contributed by atoms with van der Waals surface area (Å²) in [4.78, 5) is 24.2. The molecule has 7 nitrogen and oxygen atoms in total. The summed E-state index contributed by atoms with van der Waals surface area (Å²) in [5, 5.41) is 2.47. The van der Waals surface area contributed by atoms with Crippen molar-refractivity contribution < 1.29 is 31.5 Å². The first kappa shape index (κ1) is 22.8. The van der Waals surface area contributed by atoms with Crippen LogP contribution < -0.4 is 5.32 Å². The number of halogens is 2. The van der Waals surface area contributed by atoms with Crippen molar-refractivity contribution in [2.45, 2.75) is 24.7 Å². The maximum atomic E-state index is 13.3. The first-order valence-electron chi connectivity index (χ1n) is 9.75. The molecular weight excluding hydrogens is 430 g/mol. The smallest absolute Gasteiger partial charge is 0.338 e. The first-order valence-corrected chi connectivity index (χ1v) is 11.2. The molecule has 0 spiro atoms. The number of piperidine rings is 1. The van der Waals surface area contributed by atoms with E-state index in [2.05, 4.69) is 5.32 Å². The van der Waals surface area contributed by atoms with Crippen molar-refractivity contribution >= 4 is 27.6 Å². The molecule has 0 aliphatic carbocycles. The molecule has 2 aromatic carbocycles. The number of hydrogen-bond donors (Lipinski definition) is 1. The maximum absolute atomic E-state index is 13.3. The highest BCUT2D eigenvalue weighted by atomic mass is 32.2. The van der Waals surface area contributed by atoms with Crippen LogP contribution in [-0.2, 0) is 19.6 Å². The molecule has 1 saturated heterocycles. The van der Waals surface area contributed by atoms with E-state index in [-0.39, 0.29) is 48.7 Å². The molecule has 3 rings (SSSR count). The third-order valence-corrected chi connectivity index (χ3v) is 6.87. The van der Waals surface area contributed by atoms with Gasteiger partial charge >= 0.3 is 5.97 Å². The summed E-state index contributed by atoms with van der Waals surface area (Å²) in [6.07, 6.45) is 0.535. The second kappa shape index (κ2) is 9.52. The fraction of sp³-hybridized carbons (Fsp3) is 0.333. The molecule has 31 heavy (non-hydrogen) atoms. The SMILES string of the molecule is CCOC(=O)c1ccc(S(=O)(=O)N2CCC(C(=O)Nc3cc(F)cc(F)c3)CC2)cc1. The standard InChI is InChI=1S/C21H22F2N2O5S/c1-2-30-21(27)15-3-5-19(6-4-15)31(28,29)25-9-7-14(8-10-25)20(26)24-18-12-16(22)11-17(23)13-18/h3-6,11-14H,2,7-10H2,1H3,(H,24,26). The summed E-state index contributed by atoms with van der Waals surface area (Å²) < 4.78 is 58.4. The predicted molar refractivity (Wildman–Crippen MR) is 109 cm³/mol. The number of ether oxygens (including phenoxy) is 1. The number of hydrogen-bond acceptors (Lipinski definition) is 5. The normalized spacial score (nSPS) is 15.5. The Balaban J connectivity index is 1.61. The zero-order valence-corrected chi connectivity index (χ0v) is 17.6. The monoisotopic (exact) mass is 452 g/mol. The van der Waals surface area contributed by atoms with Gasteiger partial charge in [0, 0.05) is 30.8 Å². The summed E-state index contributed by atoms with van der Waals surface area (Å²) in [5.41, 5.74) is 0.268. The number of nitrogens with zero attached hydrogens (tertiary/aromatic N) is 1. The van der Waals surface area contributed by atoms with Crippen molar-refractivity contribution in [2.75, 3.05) is 25.0 Å². The topological polar surface area (TPSA) is 92.8 Å². The number of carbonyl (C=O) groups is 2. The molecular formula is C21H22F2N2O5S. The van der Waals surface area contributed by atoms with Gasteiger partial charge in [0.1, 0.15) is 11.6 Å². The van der Waals surface area contributed by atoms with E-state index in [4.69, 9.17) is 4.74 Å². The van der Waals surface area contributed by atoms with E-state index in [0.29, 0.717) is 6.07 Å². The quantitative estimate of drug-likeness (QED) is 0.680. The van der Waals surface area contributed by atoms with Crippen LogP contribution in [0.4, 0.5) is 14.5 Å². The van der Waals surface area contributed by atoms with Crippen molar-refractivity contribution in [1.82, 2.24) is 4.31 Å². The molecule has 0 aromatic heterocycles. The molecule has 10 heteroatoms. The fourth-order valence-electron chi connectivity index (χ4n) is 3.36. The second-order valence-electron chi connectivity index (χ2n) is 7.07. The van der Waals surface area contributed by atoms with Gasteiger partial charge in [0.25, 0.3) is 0 Å². The van der Waals surface area contributed by atoms with Gasteiger partial charge in [0.2, 0.25) is 15.9 Å². The minimum atomic E-state index is -3.79. The molecule has 1 aliphatic rings. The lowest BCUT2D eigenvalue weighted by Gasteiger charge is -2.30. The zero-order valence-electron chi connectivity index (χ0n) is 16.8. The summed E-state index contributed by atoms with van der Waals surface area (Å²) in [6, 6.07) is 8.21. The number of carbonyl (C=O) groups excluding carboxylic acids is 2. The summed E-state index contributed by atoms with van der Waals surface area (Å²) >= 11 is 0. The van der Waals surface area contributed by atoms with Gasteiger partial charge in [-0.15, -0.1) is 0 Å². The van der Waals surface area contributed by atoms with Gasteiger partial charge in [0.05, 0.1) is 17.1 Å². The number of benzene rings is 2. The van der Waals surface area contributed by atoms with Gasteiger partial charge in [-0.1, -0.05) is 0 Å². The summed E-state index contributed by atoms with van der Waals surface area (Å²) in [7, 11) is -3.79. The lowest BCUT2D eigenvalue weighted by atomic mass is 9.97. The molecule has 1 aliphatic heterocycles. The zero-order chi connectivity index (χ0) is 22.6. The number of sulfonamides is 1. The van der Waals surface area contributed by atoms with E-state index in [9.17, 15) is 26.8 Å². The molecule has 2 aromatic rings. The van der Waals surface area contributed by atoms with Gasteiger partial charge in [-0.25, -0.2) is 22.0 Å². The van der Waals surface area contributed by atoms with Crippen LogP contribution in [0.2, 0.25) is 0 Å². The highest BCUT2D eigenvalue weighted by Crippen LogP contribution is 2.25. The van der Waals surface area contributed by atoms with Crippen molar-refractivity contribution in [3.63, 3.8) is 0 Å². The molecule has 1 fully saturated rings. The van der Waals surface area contributed by atoms with Crippen molar-refractivity contribution in [2.24, 2.45) is 5.92 Å². The Bertz CT molecular complexity index is 1050. The Hall–Kier alpha value is -2.85. The predicted octanol–water partition coefficient (Wildman–Crippen LogP) is 3.18. The van der Waals surface area contributed by atoms with E-state index in [1.54, 1.807) is 6.92 Å².